The van der Waals surface area contributed by atoms with Gasteiger partial charge < -0.3 is 10.0 Å². The molecule has 7 nitrogen and oxygen atoms in total. The monoisotopic (exact) mass is 258 g/mol. The van der Waals surface area contributed by atoms with Crippen molar-refractivity contribution in [3.63, 3.8) is 0 Å². The normalized spacial score (nSPS) is 11.0. The predicted octanol–water partition coefficient (Wildman–Crippen LogP) is 1.26. The molecule has 0 radical (unpaired) electrons. The van der Waals surface area contributed by atoms with Crippen molar-refractivity contribution < 1.29 is 14.7 Å². The summed E-state index contributed by atoms with van der Waals surface area (Å²) in [5, 5.41) is 15.7. The van der Waals surface area contributed by atoms with E-state index in [1.807, 2.05) is 0 Å². The van der Waals surface area contributed by atoms with Gasteiger partial charge in [0, 0.05) is 18.1 Å². The van der Waals surface area contributed by atoms with E-state index in [2.05, 4.69) is 14.9 Å². The maximum Gasteiger partial charge on any atom is 0.329 e. The molecule has 0 unspecified atom stereocenters. The number of hydrogen-bond acceptors (Lipinski definition) is 5. The smallest absolute Gasteiger partial charge is 0.329 e. The zero-order valence-electron chi connectivity index (χ0n) is 9.80. The number of hydrogen-bond donors (Lipinski definition) is 2. The van der Waals surface area contributed by atoms with E-state index in [9.17, 15) is 9.59 Å². The minimum atomic E-state index is -1.27. The van der Waals surface area contributed by atoms with Crippen LogP contribution in [0.4, 0.5) is 9.80 Å². The molecule has 0 aromatic carbocycles. The van der Waals surface area contributed by atoms with E-state index in [0.29, 0.717) is 5.00 Å². The first kappa shape index (κ1) is 13.4. The van der Waals surface area contributed by atoms with Gasteiger partial charge in [-0.1, -0.05) is 4.49 Å². The van der Waals surface area contributed by atoms with Crippen LogP contribution in [0.2, 0.25) is 0 Å². The van der Waals surface area contributed by atoms with Crippen molar-refractivity contribution in [2.75, 3.05) is 11.9 Å². The summed E-state index contributed by atoms with van der Waals surface area (Å²) in [6, 6.07) is -0.481. The third-order valence-corrected chi connectivity index (χ3v) is 2.93. The number of likely N-dealkylation sites (N-methyl/N-ethyl adjacent to an activating group) is 1. The van der Waals surface area contributed by atoms with Crippen LogP contribution in [0.5, 0.6) is 0 Å². The molecule has 0 atom stereocenters. The lowest BCUT2D eigenvalue weighted by Crippen LogP contribution is -2.54. The third-order valence-electron chi connectivity index (χ3n) is 2.35. The molecular weight excluding hydrogens is 244 g/mol. The second-order valence-corrected chi connectivity index (χ2v) is 4.61. The Kier molecular flexibility index (Phi) is 4.00. The van der Waals surface area contributed by atoms with Crippen LogP contribution < -0.4 is 5.32 Å². The summed E-state index contributed by atoms with van der Waals surface area (Å²) in [7, 11) is 0. The molecular formula is C9H14N4O3S. The van der Waals surface area contributed by atoms with Gasteiger partial charge in [-0.15, -0.1) is 5.10 Å². The SMILES string of the molecule is CCN(C(=O)Nc1cnns1)C(C)(C)C(=O)O. The van der Waals surface area contributed by atoms with E-state index in [-0.39, 0.29) is 6.54 Å². The summed E-state index contributed by atoms with van der Waals surface area (Å²) in [6.45, 7) is 4.96. The summed E-state index contributed by atoms with van der Waals surface area (Å²) < 4.78 is 3.60. The Bertz CT molecular complexity index is 404. The maximum atomic E-state index is 11.9. The van der Waals surface area contributed by atoms with E-state index in [4.69, 9.17) is 5.11 Å². The van der Waals surface area contributed by atoms with Crippen LogP contribution >= 0.6 is 11.5 Å². The van der Waals surface area contributed by atoms with Gasteiger partial charge in [-0.2, -0.15) is 0 Å². The van der Waals surface area contributed by atoms with Crippen LogP contribution in [0.25, 0.3) is 0 Å². The van der Waals surface area contributed by atoms with Gasteiger partial charge >= 0.3 is 12.0 Å². The number of aliphatic carboxylic acids is 1. The number of carbonyl (C=O) groups excluding carboxylic acids is 1. The molecule has 1 rings (SSSR count). The van der Waals surface area contributed by atoms with Gasteiger partial charge in [0.05, 0.1) is 6.20 Å². The van der Waals surface area contributed by atoms with E-state index in [1.54, 1.807) is 6.92 Å². The molecule has 2 N–H and O–H groups in total. The van der Waals surface area contributed by atoms with Gasteiger partial charge in [-0.05, 0) is 20.8 Å². The van der Waals surface area contributed by atoms with Crippen molar-refractivity contribution >= 4 is 28.5 Å². The van der Waals surface area contributed by atoms with E-state index < -0.39 is 17.5 Å². The summed E-state index contributed by atoms with van der Waals surface area (Å²) in [6.07, 6.45) is 1.41. The van der Waals surface area contributed by atoms with Crippen molar-refractivity contribution in [2.24, 2.45) is 0 Å². The predicted molar refractivity (Wildman–Crippen MR) is 63.0 cm³/mol. The number of nitrogens with zero attached hydrogens (tertiary/aromatic N) is 3. The van der Waals surface area contributed by atoms with Gasteiger partial charge in [0.2, 0.25) is 0 Å². The lowest BCUT2D eigenvalue weighted by molar-refractivity contribution is -0.147. The van der Waals surface area contributed by atoms with Crippen LogP contribution in [-0.2, 0) is 4.79 Å². The molecule has 17 heavy (non-hydrogen) atoms. The van der Waals surface area contributed by atoms with E-state index in [1.165, 1.54) is 24.9 Å². The van der Waals surface area contributed by atoms with Crippen LogP contribution in [0.3, 0.4) is 0 Å². The number of amides is 2. The quantitative estimate of drug-likeness (QED) is 0.847. The zero-order chi connectivity index (χ0) is 13.1. The molecule has 0 aliphatic rings. The van der Waals surface area contributed by atoms with Crippen molar-refractivity contribution in [1.29, 1.82) is 0 Å². The largest absolute Gasteiger partial charge is 0.480 e. The van der Waals surface area contributed by atoms with Gasteiger partial charge in [-0.3, -0.25) is 5.32 Å². The number of urea groups is 1. The Morgan fingerprint density at radius 2 is 2.24 bits per heavy atom. The Hall–Kier alpha value is -1.70. The average Bonchev–Trinajstić information content (AvgIpc) is 2.70. The molecule has 1 aromatic rings. The molecule has 0 fully saturated rings. The van der Waals surface area contributed by atoms with Crippen molar-refractivity contribution in [3.05, 3.63) is 6.20 Å². The Labute approximate surface area is 103 Å². The van der Waals surface area contributed by atoms with Gasteiger partial charge in [0.15, 0.2) is 0 Å². The summed E-state index contributed by atoms with van der Waals surface area (Å²) >= 11 is 1.03. The molecule has 0 saturated carbocycles. The Morgan fingerprint density at radius 1 is 1.59 bits per heavy atom. The number of aromatic nitrogens is 2. The molecule has 0 aliphatic carbocycles. The number of carboxylic acid groups (broad SMARTS) is 1. The second kappa shape index (κ2) is 5.09. The number of nitrogens with one attached hydrogen (secondary N) is 1. The number of carbonyl (C=O) groups is 2. The van der Waals surface area contributed by atoms with Crippen LogP contribution in [-0.4, -0.2) is 43.7 Å². The molecule has 2 amide bonds. The summed E-state index contributed by atoms with van der Waals surface area (Å²) in [5.74, 6) is -1.06. The molecule has 0 aliphatic heterocycles. The highest BCUT2D eigenvalue weighted by molar-refractivity contribution is 7.10. The van der Waals surface area contributed by atoms with Crippen molar-refractivity contribution in [1.82, 2.24) is 14.5 Å². The molecule has 0 spiro atoms. The highest BCUT2D eigenvalue weighted by atomic mass is 32.1. The first-order valence-electron chi connectivity index (χ1n) is 4.99. The standard InChI is InChI=1S/C9H14N4O3S/c1-4-13(9(2,3)7(14)15)8(16)11-6-5-10-12-17-6/h5H,4H2,1-3H3,(H,11,16)(H,14,15). The fraction of sp³-hybridized carbons (Fsp3) is 0.556. The fourth-order valence-corrected chi connectivity index (χ4v) is 1.71. The molecule has 0 saturated heterocycles. The van der Waals surface area contributed by atoms with Crippen molar-refractivity contribution in [2.45, 2.75) is 26.3 Å². The van der Waals surface area contributed by atoms with Crippen LogP contribution in [0, 0.1) is 0 Å². The van der Waals surface area contributed by atoms with Gasteiger partial charge in [0.1, 0.15) is 10.5 Å². The Morgan fingerprint density at radius 3 is 2.65 bits per heavy atom. The number of rotatable bonds is 4. The molecule has 1 heterocycles. The highest BCUT2D eigenvalue weighted by Gasteiger charge is 2.37. The number of carboxylic acids is 1. The number of anilines is 1. The minimum absolute atomic E-state index is 0.289. The first-order valence-corrected chi connectivity index (χ1v) is 5.76. The van der Waals surface area contributed by atoms with E-state index in [0.717, 1.165) is 11.5 Å². The summed E-state index contributed by atoms with van der Waals surface area (Å²) in [5.41, 5.74) is -1.27. The highest BCUT2D eigenvalue weighted by Crippen LogP contribution is 2.17. The van der Waals surface area contributed by atoms with Gasteiger partial charge in [-0.25, -0.2) is 9.59 Å². The van der Waals surface area contributed by atoms with Crippen LogP contribution in [0.1, 0.15) is 20.8 Å². The molecule has 1 aromatic heterocycles. The average molecular weight is 258 g/mol. The molecule has 8 heteroatoms. The minimum Gasteiger partial charge on any atom is -0.480 e. The van der Waals surface area contributed by atoms with E-state index >= 15 is 0 Å². The Balaban J connectivity index is 2.81. The zero-order valence-corrected chi connectivity index (χ0v) is 10.6. The van der Waals surface area contributed by atoms with Gasteiger partial charge in [0.25, 0.3) is 0 Å². The first-order chi connectivity index (χ1) is 7.89. The lowest BCUT2D eigenvalue weighted by Gasteiger charge is -2.33. The molecule has 94 valence electrons. The topological polar surface area (TPSA) is 95.4 Å². The fourth-order valence-electron chi connectivity index (χ4n) is 1.30. The maximum absolute atomic E-state index is 11.9. The lowest BCUT2D eigenvalue weighted by atomic mass is 10.0. The van der Waals surface area contributed by atoms with Crippen molar-refractivity contribution in [3.8, 4) is 0 Å². The van der Waals surface area contributed by atoms with Crippen LogP contribution in [0.15, 0.2) is 6.20 Å². The third kappa shape index (κ3) is 2.90. The summed E-state index contributed by atoms with van der Waals surface area (Å²) in [4.78, 5) is 24.2. The molecule has 0 bridgehead atoms. The second-order valence-electron chi connectivity index (χ2n) is 3.82.